The fourth-order valence-corrected chi connectivity index (χ4v) is 2.64. The molecule has 1 aromatic carbocycles. The average Bonchev–Trinajstić information content (AvgIpc) is 2.53. The smallest absolute Gasteiger partial charge is 0.406 e. The van der Waals surface area contributed by atoms with Crippen molar-refractivity contribution in [3.8, 4) is 5.75 Å². The number of alkyl halides is 3. The minimum atomic E-state index is -4.68. The van der Waals surface area contributed by atoms with Crippen LogP contribution in [0.4, 0.5) is 18.9 Å². The van der Waals surface area contributed by atoms with Crippen LogP contribution < -0.4 is 15.0 Å². The highest BCUT2D eigenvalue weighted by molar-refractivity contribution is 5.76. The number of anilines is 1. The number of carbonyl (C=O) groups excluding carboxylic acids is 1. The normalized spacial score (nSPS) is 16.1. The Morgan fingerprint density at radius 3 is 2.42 bits per heavy atom. The van der Waals surface area contributed by atoms with Gasteiger partial charge in [0.15, 0.2) is 0 Å². The number of benzene rings is 1. The van der Waals surface area contributed by atoms with E-state index >= 15 is 0 Å². The van der Waals surface area contributed by atoms with Crippen LogP contribution in [0.25, 0.3) is 0 Å². The van der Waals surface area contributed by atoms with Gasteiger partial charge in [-0.2, -0.15) is 0 Å². The van der Waals surface area contributed by atoms with E-state index in [9.17, 15) is 18.0 Å². The minimum absolute atomic E-state index is 0.0241. The third-order valence-electron chi connectivity index (χ3n) is 3.83. The van der Waals surface area contributed by atoms with E-state index in [4.69, 9.17) is 4.74 Å². The molecule has 1 N–H and O–H groups in total. The molecule has 0 saturated carbocycles. The predicted octanol–water partition coefficient (Wildman–Crippen LogP) is 2.71. The zero-order chi connectivity index (χ0) is 17.6. The second-order valence-corrected chi connectivity index (χ2v) is 5.61. The number of amides is 1. The largest absolute Gasteiger partial charge is 0.573 e. The van der Waals surface area contributed by atoms with Gasteiger partial charge in [-0.05, 0) is 37.1 Å². The van der Waals surface area contributed by atoms with Gasteiger partial charge in [-0.1, -0.05) is 0 Å². The first kappa shape index (κ1) is 18.4. The number of piperidine rings is 1. The monoisotopic (exact) mass is 346 g/mol. The number of nitrogens with zero attached hydrogens (tertiary/aromatic N) is 1. The van der Waals surface area contributed by atoms with Crippen LogP contribution >= 0.6 is 0 Å². The van der Waals surface area contributed by atoms with Crippen LogP contribution in [-0.2, 0) is 9.53 Å². The Kier molecular flexibility index (Phi) is 6.30. The SMILES string of the molecule is COCCC(=O)NC1CCN(c2ccc(OC(F)(F)F)cc2)CC1. The highest BCUT2D eigenvalue weighted by Gasteiger charge is 2.31. The van der Waals surface area contributed by atoms with Crippen molar-refractivity contribution in [2.75, 3.05) is 31.7 Å². The molecule has 2 rings (SSSR count). The van der Waals surface area contributed by atoms with Crippen LogP contribution in [0.5, 0.6) is 5.75 Å². The highest BCUT2D eigenvalue weighted by Crippen LogP contribution is 2.26. The van der Waals surface area contributed by atoms with Crippen LogP contribution in [0.15, 0.2) is 24.3 Å². The lowest BCUT2D eigenvalue weighted by atomic mass is 10.0. The summed E-state index contributed by atoms with van der Waals surface area (Å²) in [6, 6.07) is 5.96. The van der Waals surface area contributed by atoms with Gasteiger partial charge < -0.3 is 19.7 Å². The van der Waals surface area contributed by atoms with Crippen LogP contribution in [0.1, 0.15) is 19.3 Å². The Balaban J connectivity index is 1.80. The molecular weight excluding hydrogens is 325 g/mol. The Labute approximate surface area is 138 Å². The molecule has 24 heavy (non-hydrogen) atoms. The van der Waals surface area contributed by atoms with Gasteiger partial charge in [0.1, 0.15) is 5.75 Å². The number of rotatable bonds is 6. The molecule has 0 spiro atoms. The second kappa shape index (κ2) is 8.23. The Hall–Kier alpha value is -1.96. The molecule has 1 aromatic rings. The van der Waals surface area contributed by atoms with Gasteiger partial charge in [-0.3, -0.25) is 4.79 Å². The summed E-state index contributed by atoms with van der Waals surface area (Å²) in [6.45, 7) is 1.86. The fraction of sp³-hybridized carbons (Fsp3) is 0.562. The summed E-state index contributed by atoms with van der Waals surface area (Å²) < 4.78 is 45.2. The number of halogens is 3. The van der Waals surface area contributed by atoms with Gasteiger partial charge in [0.2, 0.25) is 5.91 Å². The number of carbonyl (C=O) groups is 1. The molecule has 0 aromatic heterocycles. The van der Waals surface area contributed by atoms with Crippen molar-refractivity contribution in [2.45, 2.75) is 31.7 Å². The first-order chi connectivity index (χ1) is 11.4. The van der Waals surface area contributed by atoms with Gasteiger partial charge in [-0.25, -0.2) is 0 Å². The lowest BCUT2D eigenvalue weighted by Gasteiger charge is -2.34. The van der Waals surface area contributed by atoms with Gasteiger partial charge in [-0.15, -0.1) is 13.2 Å². The lowest BCUT2D eigenvalue weighted by Crippen LogP contribution is -2.44. The molecule has 0 unspecified atom stereocenters. The first-order valence-electron chi connectivity index (χ1n) is 7.76. The number of methoxy groups -OCH3 is 1. The minimum Gasteiger partial charge on any atom is -0.406 e. The molecule has 0 aliphatic carbocycles. The molecular formula is C16H21F3N2O3. The van der Waals surface area contributed by atoms with Crippen LogP contribution in [-0.4, -0.2) is 45.1 Å². The summed E-state index contributed by atoms with van der Waals surface area (Å²) in [6.07, 6.45) is -2.75. The Morgan fingerprint density at radius 2 is 1.88 bits per heavy atom. The maximum atomic E-state index is 12.1. The van der Waals surface area contributed by atoms with Crippen LogP contribution in [0.2, 0.25) is 0 Å². The van der Waals surface area contributed by atoms with Crippen molar-refractivity contribution >= 4 is 11.6 Å². The number of hydrogen-bond donors (Lipinski definition) is 1. The summed E-state index contributed by atoms with van der Waals surface area (Å²) >= 11 is 0. The van der Waals surface area contributed by atoms with E-state index in [1.54, 1.807) is 19.2 Å². The Bertz CT molecular complexity index is 526. The van der Waals surface area contributed by atoms with Crippen molar-refractivity contribution in [1.29, 1.82) is 0 Å². The summed E-state index contributed by atoms with van der Waals surface area (Å²) in [5, 5.41) is 2.97. The molecule has 0 bridgehead atoms. The second-order valence-electron chi connectivity index (χ2n) is 5.61. The number of ether oxygens (including phenoxy) is 2. The van der Waals surface area contributed by atoms with Crippen LogP contribution in [0, 0.1) is 0 Å². The maximum absolute atomic E-state index is 12.1. The average molecular weight is 346 g/mol. The molecule has 1 amide bonds. The van der Waals surface area contributed by atoms with Crippen molar-refractivity contribution in [2.24, 2.45) is 0 Å². The van der Waals surface area contributed by atoms with E-state index < -0.39 is 6.36 Å². The summed E-state index contributed by atoms with van der Waals surface area (Å²) in [4.78, 5) is 13.7. The van der Waals surface area contributed by atoms with Crippen molar-refractivity contribution < 1.29 is 27.4 Å². The zero-order valence-electron chi connectivity index (χ0n) is 13.4. The topological polar surface area (TPSA) is 50.8 Å². The van der Waals surface area contributed by atoms with Crippen molar-refractivity contribution in [3.05, 3.63) is 24.3 Å². The van der Waals surface area contributed by atoms with Gasteiger partial charge in [0.25, 0.3) is 0 Å². The molecule has 1 aliphatic heterocycles. The van der Waals surface area contributed by atoms with Crippen molar-refractivity contribution in [1.82, 2.24) is 5.32 Å². The lowest BCUT2D eigenvalue weighted by molar-refractivity contribution is -0.274. The van der Waals surface area contributed by atoms with E-state index in [0.29, 0.717) is 13.0 Å². The highest BCUT2D eigenvalue weighted by atomic mass is 19.4. The molecule has 8 heteroatoms. The van der Waals surface area contributed by atoms with Gasteiger partial charge in [0, 0.05) is 38.3 Å². The zero-order valence-corrected chi connectivity index (χ0v) is 13.4. The summed E-state index contributed by atoms with van der Waals surface area (Å²) in [5.41, 5.74) is 0.841. The fourth-order valence-electron chi connectivity index (χ4n) is 2.64. The standard InChI is InChI=1S/C16H21F3N2O3/c1-23-11-8-15(22)20-12-6-9-21(10-7-12)13-2-4-14(5-3-13)24-16(17,18)19/h2-5,12H,6-11H2,1H3,(H,20,22). The molecule has 1 heterocycles. The molecule has 1 fully saturated rings. The van der Waals surface area contributed by atoms with Gasteiger partial charge in [0.05, 0.1) is 6.61 Å². The molecule has 134 valence electrons. The number of hydrogen-bond acceptors (Lipinski definition) is 4. The third-order valence-corrected chi connectivity index (χ3v) is 3.83. The Morgan fingerprint density at radius 1 is 1.25 bits per heavy atom. The third kappa shape index (κ3) is 5.92. The van der Waals surface area contributed by atoms with E-state index in [0.717, 1.165) is 31.6 Å². The molecule has 1 saturated heterocycles. The van der Waals surface area contributed by atoms with E-state index in [-0.39, 0.29) is 17.7 Å². The first-order valence-corrected chi connectivity index (χ1v) is 7.76. The summed E-state index contributed by atoms with van der Waals surface area (Å²) in [7, 11) is 1.55. The summed E-state index contributed by atoms with van der Waals surface area (Å²) in [5.74, 6) is -0.254. The molecule has 0 radical (unpaired) electrons. The maximum Gasteiger partial charge on any atom is 0.573 e. The molecule has 5 nitrogen and oxygen atoms in total. The van der Waals surface area contributed by atoms with Gasteiger partial charge >= 0.3 is 6.36 Å². The quantitative estimate of drug-likeness (QED) is 0.861. The van der Waals surface area contributed by atoms with E-state index in [1.807, 2.05) is 0 Å². The van der Waals surface area contributed by atoms with Crippen molar-refractivity contribution in [3.63, 3.8) is 0 Å². The van der Waals surface area contributed by atoms with E-state index in [2.05, 4.69) is 15.0 Å². The molecule has 0 atom stereocenters. The molecule has 1 aliphatic rings. The number of nitrogens with one attached hydrogen (secondary N) is 1. The van der Waals surface area contributed by atoms with Crippen LogP contribution in [0.3, 0.4) is 0 Å². The predicted molar refractivity (Wildman–Crippen MR) is 83.0 cm³/mol. The van der Waals surface area contributed by atoms with E-state index in [1.165, 1.54) is 12.1 Å².